The van der Waals surface area contributed by atoms with E-state index in [4.69, 9.17) is 0 Å². The number of rotatable bonds is 4. The van der Waals surface area contributed by atoms with E-state index in [2.05, 4.69) is 32.5 Å². The van der Waals surface area contributed by atoms with E-state index in [1.165, 1.54) is 25.7 Å². The van der Waals surface area contributed by atoms with E-state index in [0.717, 1.165) is 34.7 Å². The average molecular weight is 374 g/mol. The molecule has 0 radical (unpaired) electrons. The third-order valence-electron chi connectivity index (χ3n) is 5.87. The number of aromatic nitrogens is 2. The molecule has 140 valence electrons. The summed E-state index contributed by atoms with van der Waals surface area (Å²) in [6.07, 6.45) is 10.7. The largest absolute Gasteiger partial charge is 0.349 e. The fraction of sp³-hybridized carbons (Fsp3) is 0.579. The highest BCUT2D eigenvalue weighted by molar-refractivity contribution is 7.96. The zero-order valence-electron chi connectivity index (χ0n) is 15.7. The molecule has 0 bridgehead atoms. The first-order valence-electron chi connectivity index (χ1n) is 9.32. The molecule has 0 spiro atoms. The summed E-state index contributed by atoms with van der Waals surface area (Å²) >= 11 is 1.81. The number of hydrogen-bond acceptors (Lipinski definition) is 5. The van der Waals surface area contributed by atoms with Crippen LogP contribution in [-0.2, 0) is 0 Å². The quantitative estimate of drug-likeness (QED) is 0.834. The summed E-state index contributed by atoms with van der Waals surface area (Å²) in [7, 11) is 4.06. The Labute approximate surface area is 159 Å². The number of nitrogens with zero attached hydrogens (tertiary/aromatic N) is 4. The number of nitrogens with one attached hydrogen (secondary N) is 1. The van der Waals surface area contributed by atoms with Crippen LogP contribution in [0.25, 0.3) is 11.0 Å². The third kappa shape index (κ3) is 3.07. The number of carbonyl (C=O) groups is 1. The maximum atomic E-state index is 12.7. The lowest BCUT2D eigenvalue weighted by atomic mass is 9.84. The summed E-state index contributed by atoms with van der Waals surface area (Å²) in [4.78, 5) is 24.5. The molecular weight excluding hydrogens is 346 g/mol. The van der Waals surface area contributed by atoms with Gasteiger partial charge in [0.25, 0.3) is 5.91 Å². The van der Waals surface area contributed by atoms with E-state index >= 15 is 0 Å². The van der Waals surface area contributed by atoms with Crippen LogP contribution in [0, 0.1) is 5.92 Å². The lowest BCUT2D eigenvalue weighted by molar-refractivity contribution is 0.0774. The molecular formula is C19H27N5OS. The fourth-order valence-corrected chi connectivity index (χ4v) is 4.76. The van der Waals surface area contributed by atoms with E-state index in [-0.39, 0.29) is 5.91 Å². The minimum atomic E-state index is 0.0714. The Bertz CT molecular complexity index is 798. The summed E-state index contributed by atoms with van der Waals surface area (Å²) in [6, 6.07) is 2.53. The first-order chi connectivity index (χ1) is 12.6. The van der Waals surface area contributed by atoms with E-state index < -0.39 is 0 Å². The number of H-pyrrole nitrogens is 1. The topological polar surface area (TPSA) is 55.5 Å². The van der Waals surface area contributed by atoms with Crippen LogP contribution < -0.4 is 4.90 Å². The summed E-state index contributed by atoms with van der Waals surface area (Å²) < 4.78 is 2.34. The van der Waals surface area contributed by atoms with Gasteiger partial charge in [0.15, 0.2) is 0 Å². The molecule has 0 saturated heterocycles. The molecule has 0 unspecified atom stereocenters. The van der Waals surface area contributed by atoms with Crippen molar-refractivity contribution in [1.82, 2.24) is 19.2 Å². The minimum Gasteiger partial charge on any atom is -0.349 e. The van der Waals surface area contributed by atoms with Crippen LogP contribution in [0.5, 0.6) is 0 Å². The summed E-state index contributed by atoms with van der Waals surface area (Å²) in [5, 5.41) is 1.06. The van der Waals surface area contributed by atoms with Gasteiger partial charge in [-0.05, 0) is 51.0 Å². The number of anilines is 1. The minimum absolute atomic E-state index is 0.0714. The van der Waals surface area contributed by atoms with Crippen molar-refractivity contribution in [3.8, 4) is 0 Å². The lowest BCUT2D eigenvalue weighted by Crippen LogP contribution is -2.50. The fourth-order valence-electron chi connectivity index (χ4n) is 4.40. The first kappa shape index (κ1) is 17.7. The molecule has 6 nitrogen and oxygen atoms in total. The van der Waals surface area contributed by atoms with Crippen LogP contribution in [-0.4, -0.2) is 64.7 Å². The number of hydrogen-bond donors (Lipinski definition) is 1. The normalized spacial score (nSPS) is 23.8. The van der Waals surface area contributed by atoms with Crippen molar-refractivity contribution in [2.45, 2.75) is 31.7 Å². The second-order valence-corrected chi connectivity index (χ2v) is 8.53. The maximum Gasteiger partial charge on any atom is 0.258 e. The molecule has 0 atom stereocenters. The third-order valence-corrected chi connectivity index (χ3v) is 6.64. The standard InChI is InChI=1S/C19H27N5OS/c1-22-12-24(14-6-4-13(5-7-14)11-23(2)26-3)17-15-8-9-20-18(15)21-10-16(17)19(22)25/h8-10,13-14H,4-7,11-12H2,1-3H3,(H,20,21)/t13-,14-. The molecule has 4 rings (SSSR count). The molecule has 1 aliphatic carbocycles. The Morgan fingerprint density at radius 1 is 1.35 bits per heavy atom. The molecule has 2 aromatic rings. The van der Waals surface area contributed by atoms with Crippen molar-refractivity contribution in [2.24, 2.45) is 5.92 Å². The van der Waals surface area contributed by atoms with Crippen LogP contribution in [0.1, 0.15) is 36.0 Å². The zero-order valence-corrected chi connectivity index (χ0v) is 16.6. The molecule has 0 aromatic carbocycles. The van der Waals surface area contributed by atoms with E-state index in [1.54, 1.807) is 6.20 Å². The Hall–Kier alpha value is -1.73. The van der Waals surface area contributed by atoms with Crippen molar-refractivity contribution in [3.05, 3.63) is 24.0 Å². The molecule has 1 fully saturated rings. The monoisotopic (exact) mass is 373 g/mol. The van der Waals surface area contributed by atoms with Gasteiger partial charge in [0.05, 0.1) is 17.9 Å². The molecule has 26 heavy (non-hydrogen) atoms. The van der Waals surface area contributed by atoms with Gasteiger partial charge in [-0.15, -0.1) is 0 Å². The second-order valence-electron chi connectivity index (χ2n) is 7.54. The second kappa shape index (κ2) is 7.12. The summed E-state index contributed by atoms with van der Waals surface area (Å²) in [5.74, 6) is 0.846. The highest BCUT2D eigenvalue weighted by Gasteiger charge is 2.35. The van der Waals surface area contributed by atoms with Crippen molar-refractivity contribution < 1.29 is 4.79 Å². The SMILES string of the molecule is CSN(C)C[C@H]1CC[C@H](N2CN(C)C(=O)c3cnc4[nH]ccc4c32)CC1. The Balaban J connectivity index is 1.59. The van der Waals surface area contributed by atoms with E-state index in [0.29, 0.717) is 12.7 Å². The summed E-state index contributed by atoms with van der Waals surface area (Å²) in [5.41, 5.74) is 2.67. The van der Waals surface area contributed by atoms with E-state index in [1.807, 2.05) is 36.2 Å². The van der Waals surface area contributed by atoms with Gasteiger partial charge in [-0.1, -0.05) is 11.9 Å². The predicted molar refractivity (Wildman–Crippen MR) is 107 cm³/mol. The number of fused-ring (bicyclic) bond motifs is 3. The Kier molecular flexibility index (Phi) is 4.84. The maximum absolute atomic E-state index is 12.7. The number of pyridine rings is 1. The van der Waals surface area contributed by atoms with Crippen molar-refractivity contribution in [1.29, 1.82) is 0 Å². The molecule has 1 amide bonds. The van der Waals surface area contributed by atoms with E-state index in [9.17, 15) is 4.79 Å². The highest BCUT2D eigenvalue weighted by Crippen LogP contribution is 2.38. The molecule has 7 heteroatoms. The zero-order chi connectivity index (χ0) is 18.3. The number of amides is 1. The lowest BCUT2D eigenvalue weighted by Gasteiger charge is -2.44. The molecule has 1 aliphatic heterocycles. The van der Waals surface area contributed by atoms with Crippen LogP contribution >= 0.6 is 11.9 Å². The van der Waals surface area contributed by atoms with Gasteiger partial charge in [0, 0.05) is 37.4 Å². The molecule has 1 saturated carbocycles. The first-order valence-corrected chi connectivity index (χ1v) is 10.5. The van der Waals surface area contributed by atoms with Crippen molar-refractivity contribution in [2.75, 3.05) is 38.5 Å². The molecule has 3 heterocycles. The molecule has 2 aliphatic rings. The summed E-state index contributed by atoms with van der Waals surface area (Å²) in [6.45, 7) is 1.82. The predicted octanol–water partition coefficient (Wildman–Crippen LogP) is 3.18. The van der Waals surface area contributed by atoms with Crippen LogP contribution in [0.2, 0.25) is 0 Å². The Morgan fingerprint density at radius 3 is 2.85 bits per heavy atom. The van der Waals surface area contributed by atoms with Gasteiger partial charge in [0.1, 0.15) is 5.65 Å². The average Bonchev–Trinajstić information content (AvgIpc) is 3.14. The molecule has 1 N–H and O–H groups in total. The van der Waals surface area contributed by atoms with Crippen LogP contribution in [0.4, 0.5) is 5.69 Å². The van der Waals surface area contributed by atoms with Gasteiger partial charge in [-0.2, -0.15) is 0 Å². The Morgan fingerprint density at radius 2 is 2.12 bits per heavy atom. The van der Waals surface area contributed by atoms with Gasteiger partial charge >= 0.3 is 0 Å². The van der Waals surface area contributed by atoms with Gasteiger partial charge < -0.3 is 14.8 Å². The van der Waals surface area contributed by atoms with Gasteiger partial charge in [0.2, 0.25) is 0 Å². The number of aromatic amines is 1. The van der Waals surface area contributed by atoms with Gasteiger partial charge in [-0.25, -0.2) is 4.98 Å². The number of carbonyl (C=O) groups excluding carboxylic acids is 1. The van der Waals surface area contributed by atoms with Crippen LogP contribution in [0.15, 0.2) is 18.5 Å². The molecule has 2 aromatic heterocycles. The smallest absolute Gasteiger partial charge is 0.258 e. The van der Waals surface area contributed by atoms with Crippen LogP contribution in [0.3, 0.4) is 0 Å². The van der Waals surface area contributed by atoms with Crippen molar-refractivity contribution >= 4 is 34.6 Å². The van der Waals surface area contributed by atoms with Crippen molar-refractivity contribution in [3.63, 3.8) is 0 Å². The highest BCUT2D eigenvalue weighted by atomic mass is 32.2. The van der Waals surface area contributed by atoms with Gasteiger partial charge in [-0.3, -0.25) is 9.10 Å².